The van der Waals surface area contributed by atoms with E-state index >= 15 is 0 Å². The molecule has 1 heterocycles. The van der Waals surface area contributed by atoms with Gasteiger partial charge >= 0.3 is 0 Å². The molecule has 1 aliphatic carbocycles. The summed E-state index contributed by atoms with van der Waals surface area (Å²) in [5, 5.41) is 2.95. The zero-order chi connectivity index (χ0) is 16.4. The Morgan fingerprint density at radius 2 is 1.54 bits per heavy atom. The lowest BCUT2D eigenvalue weighted by Gasteiger charge is -2.29. The zero-order valence-corrected chi connectivity index (χ0v) is 15.0. The minimum atomic E-state index is -0.383. The third kappa shape index (κ3) is 3.13. The summed E-state index contributed by atoms with van der Waals surface area (Å²) in [5.74, 6) is 1.52. The van der Waals surface area contributed by atoms with Gasteiger partial charge in [-0.3, -0.25) is 0 Å². The lowest BCUT2D eigenvalue weighted by Crippen LogP contribution is -2.29. The Labute approximate surface area is 145 Å². The molecule has 0 N–H and O–H groups in total. The van der Waals surface area contributed by atoms with Gasteiger partial charge in [-0.1, -0.05) is 67.1 Å². The molecule has 1 fully saturated rings. The van der Waals surface area contributed by atoms with Crippen LogP contribution < -0.4 is 10.6 Å². The van der Waals surface area contributed by atoms with Crippen LogP contribution in [0.4, 0.5) is 0 Å². The number of nitrogens with zero attached hydrogens (tertiary/aromatic N) is 1. The standard InChI is InChI=1S/C21H24NOP/c1-16-15-23-21(22-16)19-13-8-14-20(19)24(17-9-4-2-5-10-17)18-11-6-3-7-12-18/h2-7,9-12,16,19-20H,8,13-15H2,1H3/t16-,19?,20?/m0/s1. The summed E-state index contributed by atoms with van der Waals surface area (Å²) in [5.41, 5.74) is 0.633. The molecule has 2 unspecified atom stereocenters. The summed E-state index contributed by atoms with van der Waals surface area (Å²) < 4.78 is 5.96. The molecule has 24 heavy (non-hydrogen) atoms. The van der Waals surface area contributed by atoms with E-state index in [9.17, 15) is 0 Å². The summed E-state index contributed by atoms with van der Waals surface area (Å²) in [7, 11) is -0.383. The van der Waals surface area contributed by atoms with Crippen LogP contribution in [0.1, 0.15) is 26.2 Å². The molecule has 1 saturated carbocycles. The van der Waals surface area contributed by atoms with Gasteiger partial charge in [-0.2, -0.15) is 0 Å². The SMILES string of the molecule is C[C@H]1COC(C2CCCC2P(c2ccccc2)c2ccccc2)=N1. The quantitative estimate of drug-likeness (QED) is 0.770. The molecule has 0 saturated heterocycles. The minimum absolute atomic E-state index is 0.320. The van der Waals surface area contributed by atoms with Crippen LogP contribution in [0.2, 0.25) is 0 Å². The van der Waals surface area contributed by atoms with Crippen molar-refractivity contribution in [2.75, 3.05) is 6.61 Å². The van der Waals surface area contributed by atoms with Gasteiger partial charge in [-0.25, -0.2) is 4.99 Å². The van der Waals surface area contributed by atoms with E-state index < -0.39 is 0 Å². The van der Waals surface area contributed by atoms with Gasteiger partial charge in [0.1, 0.15) is 6.61 Å². The highest BCUT2D eigenvalue weighted by molar-refractivity contribution is 7.73. The Morgan fingerprint density at radius 3 is 2.08 bits per heavy atom. The molecule has 1 aliphatic heterocycles. The number of hydrogen-bond acceptors (Lipinski definition) is 2. The second-order valence-corrected chi connectivity index (χ2v) is 9.21. The predicted molar refractivity (Wildman–Crippen MR) is 103 cm³/mol. The first-order valence-electron chi connectivity index (χ1n) is 8.93. The Hall–Kier alpha value is -1.66. The summed E-state index contributed by atoms with van der Waals surface area (Å²) in [6.45, 7) is 2.90. The van der Waals surface area contributed by atoms with Crippen LogP contribution in [0.3, 0.4) is 0 Å². The zero-order valence-electron chi connectivity index (χ0n) is 14.1. The molecule has 0 bridgehead atoms. The molecular weight excluding hydrogens is 313 g/mol. The predicted octanol–water partition coefficient (Wildman–Crippen LogP) is 4.11. The van der Waals surface area contributed by atoms with E-state index in [0.717, 1.165) is 12.5 Å². The van der Waals surface area contributed by atoms with Crippen molar-refractivity contribution in [3.63, 3.8) is 0 Å². The van der Waals surface area contributed by atoms with Crippen molar-refractivity contribution in [1.29, 1.82) is 0 Å². The first-order valence-corrected chi connectivity index (χ1v) is 10.3. The van der Waals surface area contributed by atoms with Gasteiger partial charge in [-0.15, -0.1) is 0 Å². The molecule has 3 atom stereocenters. The van der Waals surface area contributed by atoms with E-state index in [-0.39, 0.29) is 7.92 Å². The number of aliphatic imine (C=N–C) groups is 1. The highest BCUT2D eigenvalue weighted by atomic mass is 31.1. The van der Waals surface area contributed by atoms with Crippen LogP contribution in [0.15, 0.2) is 65.7 Å². The van der Waals surface area contributed by atoms with Gasteiger partial charge in [0.25, 0.3) is 0 Å². The van der Waals surface area contributed by atoms with Gasteiger partial charge < -0.3 is 4.74 Å². The summed E-state index contributed by atoms with van der Waals surface area (Å²) >= 11 is 0. The van der Waals surface area contributed by atoms with E-state index in [4.69, 9.17) is 9.73 Å². The molecule has 124 valence electrons. The summed E-state index contributed by atoms with van der Waals surface area (Å²) in [6, 6.07) is 22.4. The van der Waals surface area contributed by atoms with Crippen molar-refractivity contribution in [3.05, 3.63) is 60.7 Å². The van der Waals surface area contributed by atoms with Crippen molar-refractivity contribution >= 4 is 24.4 Å². The van der Waals surface area contributed by atoms with Crippen molar-refractivity contribution < 1.29 is 4.74 Å². The maximum Gasteiger partial charge on any atom is 0.187 e. The Morgan fingerprint density at radius 1 is 0.917 bits per heavy atom. The van der Waals surface area contributed by atoms with Gasteiger partial charge in [0, 0.05) is 5.92 Å². The fraction of sp³-hybridized carbons (Fsp3) is 0.381. The molecule has 2 aliphatic rings. The van der Waals surface area contributed by atoms with Gasteiger partial charge in [0.2, 0.25) is 0 Å². The van der Waals surface area contributed by atoms with Crippen LogP contribution in [0, 0.1) is 5.92 Å². The van der Waals surface area contributed by atoms with Crippen molar-refractivity contribution in [3.8, 4) is 0 Å². The fourth-order valence-electron chi connectivity index (χ4n) is 3.95. The molecule has 2 aromatic rings. The molecule has 0 amide bonds. The lowest BCUT2D eigenvalue weighted by atomic mass is 10.1. The Balaban J connectivity index is 1.72. The van der Waals surface area contributed by atoms with E-state index in [1.807, 2.05) is 0 Å². The van der Waals surface area contributed by atoms with Crippen molar-refractivity contribution in [2.24, 2.45) is 10.9 Å². The monoisotopic (exact) mass is 337 g/mol. The molecular formula is C21H24NOP. The number of ether oxygens (including phenoxy) is 1. The second-order valence-electron chi connectivity index (χ2n) is 6.77. The van der Waals surface area contributed by atoms with E-state index in [0.29, 0.717) is 17.6 Å². The smallest absolute Gasteiger partial charge is 0.187 e. The molecule has 3 heteroatoms. The number of hydrogen-bond donors (Lipinski definition) is 0. The van der Waals surface area contributed by atoms with Crippen LogP contribution in [0.5, 0.6) is 0 Å². The van der Waals surface area contributed by atoms with E-state index in [2.05, 4.69) is 67.6 Å². The van der Waals surface area contributed by atoms with Crippen molar-refractivity contribution in [1.82, 2.24) is 0 Å². The average molecular weight is 337 g/mol. The Bertz CT molecular complexity index is 661. The van der Waals surface area contributed by atoms with Crippen molar-refractivity contribution in [2.45, 2.75) is 37.9 Å². The highest BCUT2D eigenvalue weighted by Crippen LogP contribution is 2.50. The fourth-order valence-corrected chi connectivity index (χ4v) is 7.08. The molecule has 0 spiro atoms. The minimum Gasteiger partial charge on any atom is -0.478 e. The van der Waals surface area contributed by atoms with Crippen LogP contribution in [-0.4, -0.2) is 24.2 Å². The normalized spacial score (nSPS) is 26.4. The van der Waals surface area contributed by atoms with Crippen LogP contribution in [0.25, 0.3) is 0 Å². The first kappa shape index (κ1) is 15.8. The van der Waals surface area contributed by atoms with E-state index in [1.165, 1.54) is 29.9 Å². The molecule has 0 aromatic heterocycles. The largest absolute Gasteiger partial charge is 0.478 e. The molecule has 2 nitrogen and oxygen atoms in total. The molecule has 0 radical (unpaired) electrons. The lowest BCUT2D eigenvalue weighted by molar-refractivity contribution is 0.303. The third-order valence-corrected chi connectivity index (χ3v) is 8.01. The number of rotatable bonds is 4. The average Bonchev–Trinajstić information content (AvgIpc) is 3.26. The maximum absolute atomic E-state index is 5.96. The van der Waals surface area contributed by atoms with E-state index in [1.54, 1.807) is 0 Å². The van der Waals surface area contributed by atoms with Gasteiger partial charge in [0.15, 0.2) is 5.90 Å². The molecule has 2 aromatic carbocycles. The maximum atomic E-state index is 5.96. The third-order valence-electron chi connectivity index (χ3n) is 5.02. The second kappa shape index (κ2) is 7.07. The number of benzene rings is 2. The summed E-state index contributed by atoms with van der Waals surface area (Å²) in [4.78, 5) is 4.80. The van der Waals surface area contributed by atoms with Crippen LogP contribution in [-0.2, 0) is 4.74 Å². The highest BCUT2D eigenvalue weighted by Gasteiger charge is 2.40. The molecule has 4 rings (SSSR count). The Kier molecular flexibility index (Phi) is 4.67. The topological polar surface area (TPSA) is 21.6 Å². The van der Waals surface area contributed by atoms with Crippen LogP contribution >= 0.6 is 7.92 Å². The summed E-state index contributed by atoms with van der Waals surface area (Å²) in [6.07, 6.45) is 3.77. The first-order chi connectivity index (χ1) is 11.8. The van der Waals surface area contributed by atoms with Gasteiger partial charge in [0.05, 0.1) is 6.04 Å². The van der Waals surface area contributed by atoms with Gasteiger partial charge in [-0.05, 0) is 44.0 Å².